The van der Waals surface area contributed by atoms with Crippen molar-refractivity contribution in [1.29, 1.82) is 0 Å². The van der Waals surface area contributed by atoms with Gasteiger partial charge < -0.3 is 13.9 Å². The van der Waals surface area contributed by atoms with Crippen LogP contribution < -0.4 is 4.74 Å². The zero-order chi connectivity index (χ0) is 32.6. The zero-order valence-corrected chi connectivity index (χ0v) is 27.2. The van der Waals surface area contributed by atoms with Crippen molar-refractivity contribution in [1.82, 2.24) is 9.13 Å². The first-order valence-electron chi connectivity index (χ1n) is 17.5. The van der Waals surface area contributed by atoms with Gasteiger partial charge in [-0.25, -0.2) is 0 Å². The van der Waals surface area contributed by atoms with Gasteiger partial charge in [-0.15, -0.1) is 0 Å². The number of nitrogens with zero attached hydrogens (tertiary/aromatic N) is 2. The summed E-state index contributed by atoms with van der Waals surface area (Å²) in [6.45, 7) is 0.642. The molecule has 0 N–H and O–H groups in total. The number of fused-ring (bicyclic) bond motifs is 7. The highest BCUT2D eigenvalue weighted by atomic mass is 16.5. The lowest BCUT2D eigenvalue weighted by Gasteiger charge is -2.42. The van der Waals surface area contributed by atoms with Crippen LogP contribution >= 0.6 is 0 Å². The fraction of sp³-hybridized carbons (Fsp3) is 0.0638. The Morgan fingerprint density at radius 1 is 0.560 bits per heavy atom. The fourth-order valence-corrected chi connectivity index (χ4v) is 9.50. The highest BCUT2D eigenvalue weighted by Gasteiger charge is 2.50. The molecule has 0 radical (unpaired) electrons. The summed E-state index contributed by atoms with van der Waals surface area (Å²) in [5.41, 5.74) is 17.6. The third kappa shape index (κ3) is 3.30. The molecule has 2 aliphatic heterocycles. The predicted octanol–water partition coefficient (Wildman–Crippen LogP) is 11.4. The van der Waals surface area contributed by atoms with Crippen LogP contribution in [0.5, 0.6) is 5.75 Å². The van der Waals surface area contributed by atoms with Crippen LogP contribution in [0.15, 0.2) is 157 Å². The van der Waals surface area contributed by atoms with E-state index in [0.717, 1.165) is 17.9 Å². The third-order valence-electron chi connectivity index (χ3n) is 11.6. The number of allylic oxidation sites excluding steroid dienone is 3. The Balaban J connectivity index is 1.08. The summed E-state index contributed by atoms with van der Waals surface area (Å²) in [5, 5.41) is 3.82. The molecule has 0 amide bonds. The number of ether oxygens (including phenoxy) is 1. The van der Waals surface area contributed by atoms with Crippen LogP contribution in [0.2, 0.25) is 0 Å². The molecule has 6 aromatic carbocycles. The number of rotatable bonds is 3. The minimum Gasteiger partial charge on any atom is -0.488 e. The predicted molar refractivity (Wildman–Crippen MR) is 205 cm³/mol. The smallest absolute Gasteiger partial charge is 0.129 e. The lowest BCUT2D eigenvalue weighted by Crippen LogP contribution is -2.34. The number of hydrogen-bond donors (Lipinski definition) is 0. The number of para-hydroxylation sites is 1. The fourth-order valence-electron chi connectivity index (χ4n) is 9.50. The topological polar surface area (TPSA) is 19.1 Å². The third-order valence-corrected chi connectivity index (χ3v) is 11.6. The van der Waals surface area contributed by atoms with Crippen molar-refractivity contribution < 1.29 is 4.74 Å². The van der Waals surface area contributed by atoms with Crippen molar-refractivity contribution in [2.75, 3.05) is 6.61 Å². The molecule has 234 valence electrons. The molecule has 2 aromatic heterocycles. The van der Waals surface area contributed by atoms with Gasteiger partial charge >= 0.3 is 0 Å². The van der Waals surface area contributed by atoms with Crippen molar-refractivity contribution in [3.63, 3.8) is 0 Å². The van der Waals surface area contributed by atoms with E-state index in [4.69, 9.17) is 4.74 Å². The van der Waals surface area contributed by atoms with Gasteiger partial charge in [0, 0.05) is 38.7 Å². The summed E-state index contributed by atoms with van der Waals surface area (Å²) in [6, 6.07) is 49.0. The normalized spacial score (nSPS) is 17.8. The summed E-state index contributed by atoms with van der Waals surface area (Å²) in [7, 11) is 0. The molecular weight excluding hydrogens is 609 g/mol. The summed E-state index contributed by atoms with van der Waals surface area (Å²) in [6.07, 6.45) is 10.5. The Kier molecular flexibility index (Phi) is 5.02. The average Bonchev–Trinajstić information content (AvgIpc) is 3.84. The van der Waals surface area contributed by atoms with Crippen molar-refractivity contribution in [3.05, 3.63) is 174 Å². The maximum atomic E-state index is 6.30. The molecule has 1 spiro atoms. The number of aromatic nitrogens is 2. The molecule has 3 heteroatoms. The molecule has 4 aliphatic rings. The van der Waals surface area contributed by atoms with Crippen LogP contribution in [0, 0.1) is 0 Å². The van der Waals surface area contributed by atoms with Crippen LogP contribution in [0.3, 0.4) is 0 Å². The maximum Gasteiger partial charge on any atom is 0.129 e. The summed E-state index contributed by atoms with van der Waals surface area (Å²) < 4.78 is 11.3. The van der Waals surface area contributed by atoms with E-state index >= 15 is 0 Å². The minimum atomic E-state index is -0.153. The van der Waals surface area contributed by atoms with E-state index in [2.05, 4.69) is 167 Å². The van der Waals surface area contributed by atoms with E-state index in [-0.39, 0.29) is 5.41 Å². The van der Waals surface area contributed by atoms with Gasteiger partial charge in [-0.3, -0.25) is 0 Å². The van der Waals surface area contributed by atoms with E-state index in [1.54, 1.807) is 0 Å². The van der Waals surface area contributed by atoms with Gasteiger partial charge in [0.2, 0.25) is 0 Å². The van der Waals surface area contributed by atoms with Gasteiger partial charge in [-0.2, -0.15) is 0 Å². The lowest BCUT2D eigenvalue weighted by molar-refractivity contribution is 0.347. The average molecular weight is 639 g/mol. The van der Waals surface area contributed by atoms with E-state index in [0.29, 0.717) is 6.61 Å². The second-order valence-electron chi connectivity index (χ2n) is 14.1. The van der Waals surface area contributed by atoms with Gasteiger partial charge in [-0.05, 0) is 88.4 Å². The Bertz CT molecular complexity index is 2900. The van der Waals surface area contributed by atoms with E-state index in [1.807, 2.05) is 0 Å². The number of hydrogen-bond acceptors (Lipinski definition) is 1. The van der Waals surface area contributed by atoms with Crippen molar-refractivity contribution >= 4 is 44.4 Å². The van der Waals surface area contributed by atoms with Crippen LogP contribution in [-0.2, 0) is 5.41 Å². The number of benzene rings is 6. The molecule has 3 nitrogen and oxygen atoms in total. The molecule has 1 atom stereocenters. The highest BCUT2D eigenvalue weighted by Crippen LogP contribution is 2.61. The van der Waals surface area contributed by atoms with Crippen molar-refractivity contribution in [2.24, 2.45) is 0 Å². The molecule has 4 heterocycles. The standard InChI is InChI=1S/C47H30N2O/c1-2-9-29(10-3-1)30-11-6-12-34(25-30)48-39-15-5-4-13-35(39)36-20-18-32(27-42(36)48)31-19-21-40-38(26-31)37-14-8-23-47-24-22-33-28-50-43-17-7-16-41(44(43)45(33)47)49(40)46(37)47/h1-22,24-27H,23,28H2. The SMILES string of the molecule is C1=Cc2c3n(c4ccc(-c5ccc6c7ccccc7n(-c7cccc(-c8ccccc8)c7)c6c5)cc24)-c2cccc4c2C2=C(C=CC23C1)CO4. The first-order valence-corrected chi connectivity index (χ1v) is 17.5. The summed E-state index contributed by atoms with van der Waals surface area (Å²) >= 11 is 0. The van der Waals surface area contributed by atoms with Crippen molar-refractivity contribution in [2.45, 2.75) is 11.8 Å². The second-order valence-corrected chi connectivity index (χ2v) is 14.1. The van der Waals surface area contributed by atoms with Crippen LogP contribution in [0.25, 0.3) is 78.0 Å². The van der Waals surface area contributed by atoms with Gasteiger partial charge in [-0.1, -0.05) is 109 Å². The second kappa shape index (κ2) is 9.43. The zero-order valence-electron chi connectivity index (χ0n) is 27.2. The Labute approximate surface area is 289 Å². The lowest BCUT2D eigenvalue weighted by atomic mass is 9.67. The van der Waals surface area contributed by atoms with Gasteiger partial charge in [0.25, 0.3) is 0 Å². The van der Waals surface area contributed by atoms with E-state index in [9.17, 15) is 0 Å². The van der Waals surface area contributed by atoms with Gasteiger partial charge in [0.15, 0.2) is 0 Å². The molecular formula is C47H30N2O. The van der Waals surface area contributed by atoms with Crippen LogP contribution in [-0.4, -0.2) is 15.7 Å². The Morgan fingerprint density at radius 3 is 2.30 bits per heavy atom. The monoisotopic (exact) mass is 638 g/mol. The van der Waals surface area contributed by atoms with Crippen LogP contribution in [0.1, 0.15) is 23.2 Å². The molecule has 0 fully saturated rings. The molecule has 0 saturated carbocycles. The molecule has 50 heavy (non-hydrogen) atoms. The van der Waals surface area contributed by atoms with E-state index < -0.39 is 0 Å². The first kappa shape index (κ1) is 26.6. The molecule has 2 aliphatic carbocycles. The highest BCUT2D eigenvalue weighted by molar-refractivity contribution is 6.11. The molecule has 8 aromatic rings. The van der Waals surface area contributed by atoms with Gasteiger partial charge in [0.1, 0.15) is 12.4 Å². The minimum absolute atomic E-state index is 0.153. The summed E-state index contributed by atoms with van der Waals surface area (Å²) in [5.74, 6) is 1.00. The summed E-state index contributed by atoms with van der Waals surface area (Å²) in [4.78, 5) is 0. The van der Waals surface area contributed by atoms with Crippen LogP contribution in [0.4, 0.5) is 0 Å². The van der Waals surface area contributed by atoms with Crippen molar-refractivity contribution in [3.8, 4) is 39.4 Å². The van der Waals surface area contributed by atoms with Gasteiger partial charge in [0.05, 0.1) is 27.7 Å². The molecule has 0 bridgehead atoms. The molecule has 0 saturated heterocycles. The first-order chi connectivity index (χ1) is 24.8. The maximum absolute atomic E-state index is 6.30. The quantitative estimate of drug-likeness (QED) is 0.188. The Hall–Kier alpha value is -6.32. The largest absolute Gasteiger partial charge is 0.488 e. The Morgan fingerprint density at radius 2 is 1.34 bits per heavy atom. The van der Waals surface area contributed by atoms with E-state index in [1.165, 1.54) is 88.6 Å². The molecule has 12 rings (SSSR count). The molecule has 1 unspecified atom stereocenters.